The summed E-state index contributed by atoms with van der Waals surface area (Å²) in [6.07, 6.45) is 5.17. The third-order valence-corrected chi connectivity index (χ3v) is 5.51. The molecule has 3 atom stereocenters. The van der Waals surface area contributed by atoms with Gasteiger partial charge in [0.25, 0.3) is 5.91 Å². The second-order valence-corrected chi connectivity index (χ2v) is 7.42. The average molecular weight is 329 g/mol. The largest absolute Gasteiger partial charge is 0.483 e. The predicted octanol–water partition coefficient (Wildman–Crippen LogP) is 3.76. The van der Waals surface area contributed by atoms with Gasteiger partial charge < -0.3 is 10.1 Å². The molecule has 0 aromatic heterocycles. The van der Waals surface area contributed by atoms with Crippen LogP contribution in [0.5, 0.6) is 5.75 Å². The first kappa shape index (κ1) is 17.0. The molecule has 4 heteroatoms. The molecule has 0 radical (unpaired) electrons. The molecule has 130 valence electrons. The average Bonchev–Trinajstić information content (AvgIpc) is 2.85. The molecule has 1 amide bonds. The van der Waals surface area contributed by atoms with Crippen molar-refractivity contribution in [1.82, 2.24) is 5.32 Å². The molecule has 0 aliphatic heterocycles. The molecule has 1 N–H and O–H groups in total. The van der Waals surface area contributed by atoms with Crippen LogP contribution in [0.4, 0.5) is 0 Å². The minimum Gasteiger partial charge on any atom is -0.483 e. The number of hydrogen-bond acceptors (Lipinski definition) is 3. The lowest BCUT2D eigenvalue weighted by Gasteiger charge is -2.29. The van der Waals surface area contributed by atoms with Crippen LogP contribution in [0.3, 0.4) is 0 Å². The molecule has 1 fully saturated rings. The van der Waals surface area contributed by atoms with Gasteiger partial charge in [-0.1, -0.05) is 32.8 Å². The van der Waals surface area contributed by atoms with Gasteiger partial charge in [0.15, 0.2) is 12.4 Å². The second-order valence-electron chi connectivity index (χ2n) is 7.42. The van der Waals surface area contributed by atoms with Crippen LogP contribution >= 0.6 is 0 Å². The number of aryl methyl sites for hydroxylation is 1. The molecule has 0 spiro atoms. The lowest BCUT2D eigenvalue weighted by molar-refractivity contribution is -0.124. The number of benzene rings is 1. The van der Waals surface area contributed by atoms with Gasteiger partial charge in [-0.05, 0) is 48.8 Å². The van der Waals surface area contributed by atoms with E-state index in [0.717, 1.165) is 17.5 Å². The number of carbonyl (C=O) groups is 2. The highest BCUT2D eigenvalue weighted by molar-refractivity contribution is 6.04. The van der Waals surface area contributed by atoms with Gasteiger partial charge in [0.2, 0.25) is 0 Å². The molecule has 1 saturated carbocycles. The molecule has 1 aromatic rings. The summed E-state index contributed by atoms with van der Waals surface area (Å²) >= 11 is 0. The van der Waals surface area contributed by atoms with Crippen LogP contribution in [-0.4, -0.2) is 24.3 Å². The minimum absolute atomic E-state index is 0.0274. The summed E-state index contributed by atoms with van der Waals surface area (Å²) in [6.45, 7) is 6.25. The van der Waals surface area contributed by atoms with E-state index in [1.54, 1.807) is 0 Å². The Morgan fingerprint density at radius 1 is 1.25 bits per heavy atom. The summed E-state index contributed by atoms with van der Waals surface area (Å²) < 4.78 is 5.73. The molecule has 24 heavy (non-hydrogen) atoms. The number of nitrogens with one attached hydrogen (secondary N) is 1. The summed E-state index contributed by atoms with van der Waals surface area (Å²) in [4.78, 5) is 24.5. The number of carbonyl (C=O) groups excluding carboxylic acids is 2. The number of amides is 1. The van der Waals surface area contributed by atoms with E-state index in [1.807, 2.05) is 19.1 Å². The summed E-state index contributed by atoms with van der Waals surface area (Å²) in [5.41, 5.74) is 2.89. The number of rotatable bonds is 4. The summed E-state index contributed by atoms with van der Waals surface area (Å²) in [5.74, 6) is 1.33. The van der Waals surface area contributed by atoms with Gasteiger partial charge >= 0.3 is 0 Å². The van der Waals surface area contributed by atoms with Crippen molar-refractivity contribution < 1.29 is 14.3 Å². The maximum absolute atomic E-state index is 12.3. The van der Waals surface area contributed by atoms with Crippen molar-refractivity contribution in [2.24, 2.45) is 5.92 Å². The molecule has 0 bridgehead atoms. The molecular weight excluding hydrogens is 302 g/mol. The third-order valence-electron chi connectivity index (χ3n) is 5.51. The number of ketones is 1. The van der Waals surface area contributed by atoms with E-state index in [-0.39, 0.29) is 30.3 Å². The monoisotopic (exact) mass is 329 g/mol. The highest BCUT2D eigenvalue weighted by Gasteiger charge is 2.31. The number of ether oxygens (including phenoxy) is 1. The Kier molecular flexibility index (Phi) is 4.93. The van der Waals surface area contributed by atoms with E-state index in [0.29, 0.717) is 23.7 Å². The molecule has 4 nitrogen and oxygen atoms in total. The Balaban J connectivity index is 1.65. The second kappa shape index (κ2) is 6.96. The van der Waals surface area contributed by atoms with Gasteiger partial charge in [-0.2, -0.15) is 0 Å². The first-order valence-corrected chi connectivity index (χ1v) is 9.06. The Hall–Kier alpha value is -1.84. The van der Waals surface area contributed by atoms with Gasteiger partial charge in [-0.3, -0.25) is 9.59 Å². The van der Waals surface area contributed by atoms with E-state index in [2.05, 4.69) is 19.2 Å². The van der Waals surface area contributed by atoms with Crippen molar-refractivity contribution >= 4 is 11.7 Å². The fourth-order valence-electron chi connectivity index (χ4n) is 4.15. The maximum Gasteiger partial charge on any atom is 0.258 e. The standard InChI is InChI=1S/C20H27NO3/c1-12-6-4-5-7-15(12)21-18(23)11-24-17-9-8-13(2)19-14(3)10-16(22)20(17)19/h8-9,12,14-15H,4-7,10-11H2,1-3H3,(H,21,23)/t12-,14-,15-/m1/s1. The number of hydrogen-bond donors (Lipinski definition) is 1. The predicted molar refractivity (Wildman–Crippen MR) is 93.6 cm³/mol. The van der Waals surface area contributed by atoms with Crippen molar-refractivity contribution in [1.29, 1.82) is 0 Å². The summed E-state index contributed by atoms with van der Waals surface area (Å²) in [7, 11) is 0. The van der Waals surface area contributed by atoms with Gasteiger partial charge in [0, 0.05) is 12.5 Å². The molecule has 0 saturated heterocycles. The molecule has 0 unspecified atom stereocenters. The summed E-state index contributed by atoms with van der Waals surface area (Å²) in [5, 5.41) is 3.09. The van der Waals surface area contributed by atoms with Gasteiger partial charge in [-0.25, -0.2) is 0 Å². The Morgan fingerprint density at radius 2 is 2.00 bits per heavy atom. The topological polar surface area (TPSA) is 55.4 Å². The number of Topliss-reactive ketones (excluding diaryl/α,β-unsaturated/α-hetero) is 1. The van der Waals surface area contributed by atoms with Crippen molar-refractivity contribution in [3.63, 3.8) is 0 Å². The van der Waals surface area contributed by atoms with E-state index in [4.69, 9.17) is 4.74 Å². The van der Waals surface area contributed by atoms with Crippen molar-refractivity contribution in [3.05, 3.63) is 28.8 Å². The van der Waals surface area contributed by atoms with Crippen molar-refractivity contribution in [3.8, 4) is 5.75 Å². The zero-order chi connectivity index (χ0) is 17.3. The fraction of sp³-hybridized carbons (Fsp3) is 0.600. The van der Waals surface area contributed by atoms with E-state index < -0.39 is 0 Å². The molecule has 2 aliphatic rings. The van der Waals surface area contributed by atoms with Crippen LogP contribution in [0.2, 0.25) is 0 Å². The smallest absolute Gasteiger partial charge is 0.258 e. The highest BCUT2D eigenvalue weighted by atomic mass is 16.5. The lowest BCUT2D eigenvalue weighted by Crippen LogP contribution is -2.43. The van der Waals surface area contributed by atoms with Crippen LogP contribution in [-0.2, 0) is 4.79 Å². The van der Waals surface area contributed by atoms with Crippen LogP contribution < -0.4 is 10.1 Å². The molecule has 2 aliphatic carbocycles. The third kappa shape index (κ3) is 3.33. The van der Waals surface area contributed by atoms with Gasteiger partial charge in [0.05, 0.1) is 5.56 Å². The SMILES string of the molecule is Cc1ccc(OCC(=O)N[C@@H]2CCCC[C@H]2C)c2c1[C@H](C)CC2=O. The zero-order valence-electron chi connectivity index (χ0n) is 14.9. The number of fused-ring (bicyclic) bond motifs is 1. The van der Waals surface area contributed by atoms with E-state index >= 15 is 0 Å². The van der Waals surface area contributed by atoms with Crippen LogP contribution in [0.15, 0.2) is 12.1 Å². The lowest BCUT2D eigenvalue weighted by atomic mass is 9.86. The van der Waals surface area contributed by atoms with Gasteiger partial charge in [0.1, 0.15) is 5.75 Å². The summed E-state index contributed by atoms with van der Waals surface area (Å²) in [6, 6.07) is 4.05. The van der Waals surface area contributed by atoms with Crippen LogP contribution in [0.1, 0.15) is 73.4 Å². The first-order valence-electron chi connectivity index (χ1n) is 9.06. The zero-order valence-corrected chi connectivity index (χ0v) is 14.9. The highest BCUT2D eigenvalue weighted by Crippen LogP contribution is 2.40. The Morgan fingerprint density at radius 3 is 2.75 bits per heavy atom. The maximum atomic E-state index is 12.3. The Bertz CT molecular complexity index is 653. The molecule has 3 rings (SSSR count). The van der Waals surface area contributed by atoms with Crippen molar-refractivity contribution in [2.45, 2.75) is 64.8 Å². The van der Waals surface area contributed by atoms with E-state index in [9.17, 15) is 9.59 Å². The molecule has 1 aromatic carbocycles. The van der Waals surface area contributed by atoms with E-state index in [1.165, 1.54) is 19.3 Å². The molecule has 0 heterocycles. The van der Waals surface area contributed by atoms with Crippen molar-refractivity contribution in [2.75, 3.05) is 6.61 Å². The molecular formula is C20H27NO3. The normalized spacial score (nSPS) is 26.1. The minimum atomic E-state index is -0.0958. The van der Waals surface area contributed by atoms with Crippen LogP contribution in [0.25, 0.3) is 0 Å². The van der Waals surface area contributed by atoms with Crippen LogP contribution in [0, 0.1) is 12.8 Å². The van der Waals surface area contributed by atoms with Gasteiger partial charge in [-0.15, -0.1) is 0 Å². The Labute approximate surface area is 144 Å². The quantitative estimate of drug-likeness (QED) is 0.915. The first-order chi connectivity index (χ1) is 11.5. The fourth-order valence-corrected chi connectivity index (χ4v) is 4.15.